The van der Waals surface area contributed by atoms with Gasteiger partial charge in [0.05, 0.1) is 5.56 Å². The van der Waals surface area contributed by atoms with Crippen LogP contribution in [-0.2, 0) is 0 Å². The maximum absolute atomic E-state index is 12.4. The van der Waals surface area contributed by atoms with E-state index in [0.717, 1.165) is 37.2 Å². The summed E-state index contributed by atoms with van der Waals surface area (Å²) in [5.74, 6) is 1.64. The minimum absolute atomic E-state index is 0.0389. The third-order valence-corrected chi connectivity index (χ3v) is 5.62. The summed E-state index contributed by atoms with van der Waals surface area (Å²) in [6.07, 6.45) is 7.19. The van der Waals surface area contributed by atoms with Crippen LogP contribution in [0.25, 0.3) is 5.57 Å². The molecule has 1 saturated carbocycles. The maximum atomic E-state index is 12.4. The average molecular weight is 399 g/mol. The zero-order valence-corrected chi connectivity index (χ0v) is 17.2. The molecule has 1 amide bonds. The van der Waals surface area contributed by atoms with Gasteiger partial charge in [-0.15, -0.1) is 0 Å². The number of rotatable bonds is 5. The van der Waals surface area contributed by atoms with Crippen molar-refractivity contribution in [2.45, 2.75) is 38.6 Å². The van der Waals surface area contributed by atoms with Gasteiger partial charge >= 0.3 is 0 Å². The van der Waals surface area contributed by atoms with E-state index in [1.54, 1.807) is 24.5 Å². The number of allylic oxidation sites excluding steroid dienone is 2. The molecule has 0 saturated heterocycles. The lowest BCUT2D eigenvalue weighted by Crippen LogP contribution is -2.36. The number of carbonyl (C=O) groups is 1. The molecule has 152 valence electrons. The van der Waals surface area contributed by atoms with Gasteiger partial charge in [0.15, 0.2) is 0 Å². The molecule has 1 N–H and O–H groups in total. The van der Waals surface area contributed by atoms with Gasteiger partial charge in [0.25, 0.3) is 5.91 Å². The van der Waals surface area contributed by atoms with E-state index in [2.05, 4.69) is 29.4 Å². The Kier molecular flexibility index (Phi) is 6.23. The Morgan fingerprint density at radius 1 is 0.933 bits per heavy atom. The molecule has 1 fully saturated rings. The van der Waals surface area contributed by atoms with Crippen molar-refractivity contribution in [1.82, 2.24) is 10.3 Å². The topological polar surface area (TPSA) is 51.2 Å². The molecular weight excluding hydrogens is 372 g/mol. The highest BCUT2D eigenvalue weighted by Gasteiger charge is 2.20. The van der Waals surface area contributed by atoms with Crippen LogP contribution in [-0.4, -0.2) is 16.9 Å². The molecule has 0 unspecified atom stereocenters. The average Bonchev–Trinajstić information content (AvgIpc) is 2.80. The molecule has 4 rings (SSSR count). The summed E-state index contributed by atoms with van der Waals surface area (Å²) >= 11 is 0. The Bertz CT molecular complexity index is 1020. The van der Waals surface area contributed by atoms with Gasteiger partial charge < -0.3 is 10.1 Å². The molecule has 0 radical (unpaired) electrons. The Labute approximate surface area is 177 Å². The second kappa shape index (κ2) is 9.40. The monoisotopic (exact) mass is 398 g/mol. The molecular formula is C26H26N2O2. The number of ether oxygens (including phenoxy) is 1. The predicted octanol–water partition coefficient (Wildman–Crippen LogP) is 6.02. The van der Waals surface area contributed by atoms with Gasteiger partial charge in [-0.05, 0) is 80.1 Å². The quantitative estimate of drug-likeness (QED) is 0.572. The van der Waals surface area contributed by atoms with Crippen LogP contribution < -0.4 is 10.1 Å². The standard InChI is InChI=1S/C26H26N2O2/c1-19(21-7-5-11-25(17-21)30-24-9-3-2-4-10-24)20-12-14-23(15-13-20)28-26(29)22-8-6-16-27-18-22/h2-11,16-18,23H,12-15H2,1H3,(H,28,29). The van der Waals surface area contributed by atoms with Crippen molar-refractivity contribution < 1.29 is 9.53 Å². The fourth-order valence-electron chi connectivity index (χ4n) is 3.87. The summed E-state index contributed by atoms with van der Waals surface area (Å²) in [5, 5.41) is 3.15. The lowest BCUT2D eigenvalue weighted by atomic mass is 9.86. The molecule has 0 aliphatic heterocycles. The van der Waals surface area contributed by atoms with Crippen molar-refractivity contribution in [2.75, 3.05) is 0 Å². The van der Waals surface area contributed by atoms with Crippen LogP contribution in [0.15, 0.2) is 84.7 Å². The molecule has 0 atom stereocenters. The molecule has 1 aliphatic rings. The van der Waals surface area contributed by atoms with Gasteiger partial charge in [0.1, 0.15) is 11.5 Å². The first-order valence-electron chi connectivity index (χ1n) is 10.4. The predicted molar refractivity (Wildman–Crippen MR) is 120 cm³/mol. The molecule has 0 spiro atoms. The van der Waals surface area contributed by atoms with Crippen molar-refractivity contribution in [3.63, 3.8) is 0 Å². The number of nitrogens with zero attached hydrogens (tertiary/aromatic N) is 1. The highest BCUT2D eigenvalue weighted by molar-refractivity contribution is 5.94. The highest BCUT2D eigenvalue weighted by Crippen LogP contribution is 2.32. The minimum Gasteiger partial charge on any atom is -0.457 e. The van der Waals surface area contributed by atoms with Crippen LogP contribution in [0.2, 0.25) is 0 Å². The number of hydrogen-bond donors (Lipinski definition) is 1. The molecule has 4 nitrogen and oxygen atoms in total. The summed E-state index contributed by atoms with van der Waals surface area (Å²) in [7, 11) is 0. The third-order valence-electron chi connectivity index (χ3n) is 5.62. The largest absolute Gasteiger partial charge is 0.457 e. The molecule has 30 heavy (non-hydrogen) atoms. The van der Waals surface area contributed by atoms with Crippen molar-refractivity contribution >= 4 is 11.5 Å². The molecule has 4 heteroatoms. The first-order valence-corrected chi connectivity index (χ1v) is 10.4. The molecule has 1 aliphatic carbocycles. The van der Waals surface area contributed by atoms with Crippen molar-refractivity contribution in [3.05, 3.63) is 95.8 Å². The van der Waals surface area contributed by atoms with Gasteiger partial charge in [-0.25, -0.2) is 0 Å². The van der Waals surface area contributed by atoms with Crippen molar-refractivity contribution in [2.24, 2.45) is 0 Å². The van der Waals surface area contributed by atoms with Crippen LogP contribution in [0.3, 0.4) is 0 Å². The lowest BCUT2D eigenvalue weighted by molar-refractivity contribution is 0.0930. The van der Waals surface area contributed by atoms with Crippen LogP contribution in [0.4, 0.5) is 0 Å². The number of aromatic nitrogens is 1. The second-order valence-corrected chi connectivity index (χ2v) is 7.66. The summed E-state index contributed by atoms with van der Waals surface area (Å²) in [6.45, 7) is 2.19. The van der Waals surface area contributed by atoms with E-state index in [1.165, 1.54) is 16.7 Å². The summed E-state index contributed by atoms with van der Waals surface area (Å²) < 4.78 is 5.98. The van der Waals surface area contributed by atoms with Gasteiger partial charge in [-0.2, -0.15) is 0 Å². The first-order chi connectivity index (χ1) is 14.7. The Morgan fingerprint density at radius 3 is 2.40 bits per heavy atom. The van der Waals surface area contributed by atoms with Crippen molar-refractivity contribution in [3.8, 4) is 11.5 Å². The van der Waals surface area contributed by atoms with Crippen LogP contribution in [0, 0.1) is 0 Å². The first kappa shape index (κ1) is 19.9. The maximum Gasteiger partial charge on any atom is 0.253 e. The summed E-state index contributed by atoms with van der Waals surface area (Å²) in [5.41, 5.74) is 4.57. The van der Waals surface area contributed by atoms with E-state index in [-0.39, 0.29) is 11.9 Å². The van der Waals surface area contributed by atoms with Gasteiger partial charge in [0.2, 0.25) is 0 Å². The number of benzene rings is 2. The third kappa shape index (κ3) is 4.95. The lowest BCUT2D eigenvalue weighted by Gasteiger charge is -2.26. The fraction of sp³-hybridized carbons (Fsp3) is 0.231. The zero-order valence-electron chi connectivity index (χ0n) is 17.2. The number of para-hydroxylation sites is 1. The van der Waals surface area contributed by atoms with E-state index in [0.29, 0.717) is 5.56 Å². The minimum atomic E-state index is -0.0389. The fourth-order valence-corrected chi connectivity index (χ4v) is 3.87. The van der Waals surface area contributed by atoms with Gasteiger partial charge in [-0.3, -0.25) is 9.78 Å². The van der Waals surface area contributed by atoms with E-state index in [1.807, 2.05) is 42.5 Å². The highest BCUT2D eigenvalue weighted by atomic mass is 16.5. The van der Waals surface area contributed by atoms with Crippen molar-refractivity contribution in [1.29, 1.82) is 0 Å². The van der Waals surface area contributed by atoms with E-state index >= 15 is 0 Å². The van der Waals surface area contributed by atoms with Gasteiger partial charge in [0, 0.05) is 18.4 Å². The Balaban J connectivity index is 1.39. The second-order valence-electron chi connectivity index (χ2n) is 7.66. The Morgan fingerprint density at radius 2 is 1.67 bits per heavy atom. The number of amides is 1. The Hall–Kier alpha value is -3.40. The molecule has 0 bridgehead atoms. The molecule has 1 aromatic heterocycles. The number of pyridine rings is 1. The van der Waals surface area contributed by atoms with E-state index in [9.17, 15) is 4.79 Å². The number of hydrogen-bond acceptors (Lipinski definition) is 3. The smallest absolute Gasteiger partial charge is 0.253 e. The normalized spacial score (nSPS) is 16.0. The summed E-state index contributed by atoms with van der Waals surface area (Å²) in [4.78, 5) is 16.4. The zero-order chi connectivity index (χ0) is 20.8. The van der Waals surface area contributed by atoms with E-state index < -0.39 is 0 Å². The van der Waals surface area contributed by atoms with Crippen LogP contribution in [0.5, 0.6) is 11.5 Å². The van der Waals surface area contributed by atoms with Crippen LogP contribution in [0.1, 0.15) is 48.5 Å². The molecule has 2 aromatic carbocycles. The van der Waals surface area contributed by atoms with E-state index in [4.69, 9.17) is 4.74 Å². The SMILES string of the molecule is CC(=C1CCC(NC(=O)c2cccnc2)CC1)c1cccc(Oc2ccccc2)c1. The van der Waals surface area contributed by atoms with Crippen LogP contribution >= 0.6 is 0 Å². The molecule has 3 aromatic rings. The van der Waals surface area contributed by atoms with Gasteiger partial charge in [-0.1, -0.05) is 35.9 Å². The number of carbonyl (C=O) groups excluding carboxylic acids is 1. The molecule has 1 heterocycles. The summed E-state index contributed by atoms with van der Waals surface area (Å²) in [6, 6.07) is 21.9. The number of nitrogens with one attached hydrogen (secondary N) is 1.